The van der Waals surface area contributed by atoms with Crippen LogP contribution in [-0.4, -0.2) is 23.1 Å². The molecule has 1 heterocycles. The van der Waals surface area contributed by atoms with Crippen molar-refractivity contribution in [3.8, 4) is 0 Å². The van der Waals surface area contributed by atoms with Gasteiger partial charge in [0.05, 0.1) is 0 Å². The molecule has 0 aromatic carbocycles. The third kappa shape index (κ3) is 2.21. The van der Waals surface area contributed by atoms with Gasteiger partial charge in [0.2, 0.25) is 0 Å². The summed E-state index contributed by atoms with van der Waals surface area (Å²) in [7, 11) is 0. The molecule has 1 saturated carbocycles. The minimum atomic E-state index is 0.360. The van der Waals surface area contributed by atoms with E-state index in [1.54, 1.807) is 0 Å². The van der Waals surface area contributed by atoms with Crippen molar-refractivity contribution < 1.29 is 0 Å². The van der Waals surface area contributed by atoms with Crippen LogP contribution in [0.5, 0.6) is 0 Å². The van der Waals surface area contributed by atoms with Gasteiger partial charge in [-0.2, -0.15) is 0 Å². The number of anilines is 2. The van der Waals surface area contributed by atoms with Gasteiger partial charge in [0, 0.05) is 13.1 Å². The maximum absolute atomic E-state index is 6.12. The summed E-state index contributed by atoms with van der Waals surface area (Å²) in [5, 5.41) is 0.476. The van der Waals surface area contributed by atoms with Gasteiger partial charge in [0.1, 0.15) is 17.2 Å². The fraction of sp³-hybridized carbons (Fsp3) is 0.636. The van der Waals surface area contributed by atoms with E-state index in [-0.39, 0.29) is 0 Å². The van der Waals surface area contributed by atoms with Gasteiger partial charge in [0.15, 0.2) is 5.82 Å². The molecular weight excluding hydrogens is 224 g/mol. The first-order chi connectivity index (χ1) is 7.72. The van der Waals surface area contributed by atoms with Crippen LogP contribution in [0.15, 0.2) is 6.33 Å². The molecule has 2 rings (SSSR count). The molecular formula is C11H17ClN4. The Morgan fingerprint density at radius 3 is 2.81 bits per heavy atom. The second kappa shape index (κ2) is 4.87. The number of nitrogens with zero attached hydrogens (tertiary/aromatic N) is 3. The zero-order valence-electron chi connectivity index (χ0n) is 9.49. The van der Waals surface area contributed by atoms with Crippen LogP contribution in [0.2, 0.25) is 5.02 Å². The van der Waals surface area contributed by atoms with E-state index in [2.05, 4.69) is 21.8 Å². The first-order valence-electron chi connectivity index (χ1n) is 5.73. The van der Waals surface area contributed by atoms with E-state index >= 15 is 0 Å². The molecule has 0 unspecified atom stereocenters. The predicted octanol–water partition coefficient (Wildman–Crippen LogP) is 2.34. The molecule has 0 spiro atoms. The number of hydrogen-bond donors (Lipinski definition) is 1. The van der Waals surface area contributed by atoms with Gasteiger partial charge in [-0.3, -0.25) is 0 Å². The van der Waals surface area contributed by atoms with Gasteiger partial charge >= 0.3 is 0 Å². The summed E-state index contributed by atoms with van der Waals surface area (Å²) in [5.74, 6) is 1.91. The van der Waals surface area contributed by atoms with E-state index in [0.29, 0.717) is 10.8 Å². The molecule has 1 aliphatic rings. The van der Waals surface area contributed by atoms with Gasteiger partial charge in [-0.1, -0.05) is 18.0 Å². The highest BCUT2D eigenvalue weighted by Gasteiger charge is 2.22. The maximum atomic E-state index is 6.12. The largest absolute Gasteiger partial charge is 0.382 e. The third-order valence-electron chi connectivity index (χ3n) is 3.18. The average molecular weight is 241 g/mol. The summed E-state index contributed by atoms with van der Waals surface area (Å²) in [5.41, 5.74) is 5.68. The summed E-state index contributed by atoms with van der Waals surface area (Å²) < 4.78 is 0. The quantitative estimate of drug-likeness (QED) is 0.878. The van der Waals surface area contributed by atoms with E-state index in [4.69, 9.17) is 17.3 Å². The molecule has 16 heavy (non-hydrogen) atoms. The number of hydrogen-bond acceptors (Lipinski definition) is 4. The van der Waals surface area contributed by atoms with Crippen molar-refractivity contribution >= 4 is 23.2 Å². The van der Waals surface area contributed by atoms with Gasteiger partial charge in [-0.15, -0.1) is 0 Å². The minimum absolute atomic E-state index is 0.360. The lowest BCUT2D eigenvalue weighted by Gasteiger charge is -2.32. The molecule has 2 N–H and O–H groups in total. The minimum Gasteiger partial charge on any atom is -0.382 e. The first kappa shape index (κ1) is 11.5. The average Bonchev–Trinajstić information content (AvgIpc) is 2.22. The Morgan fingerprint density at radius 2 is 2.25 bits per heavy atom. The van der Waals surface area contributed by atoms with Crippen LogP contribution >= 0.6 is 11.6 Å². The Labute approximate surface area is 101 Å². The Kier molecular flexibility index (Phi) is 3.49. The van der Waals surface area contributed by atoms with Crippen LogP contribution in [0.25, 0.3) is 0 Å². The number of nitrogen functional groups attached to an aromatic ring is 1. The van der Waals surface area contributed by atoms with E-state index in [9.17, 15) is 0 Å². The Bertz CT molecular complexity index is 365. The first-order valence-corrected chi connectivity index (χ1v) is 6.11. The van der Waals surface area contributed by atoms with Crippen LogP contribution in [0.4, 0.5) is 11.6 Å². The van der Waals surface area contributed by atoms with Crippen molar-refractivity contribution in [3.63, 3.8) is 0 Å². The highest BCUT2D eigenvalue weighted by Crippen LogP contribution is 2.31. The van der Waals surface area contributed by atoms with E-state index in [1.807, 2.05) is 0 Å². The number of aromatic nitrogens is 2. The zero-order chi connectivity index (χ0) is 11.5. The number of halogens is 1. The second-order valence-electron chi connectivity index (χ2n) is 4.23. The number of nitrogens with two attached hydrogens (primary N) is 1. The van der Waals surface area contributed by atoms with Crippen LogP contribution in [-0.2, 0) is 0 Å². The standard InChI is InChI=1S/C11H17ClN4/c1-2-16(6-8-4-3-5-8)11-9(12)10(13)14-7-15-11/h7-8H,2-6H2,1H3,(H2,13,14,15). The molecule has 0 amide bonds. The van der Waals surface area contributed by atoms with Crippen molar-refractivity contribution in [2.24, 2.45) is 5.92 Å². The molecule has 4 nitrogen and oxygen atoms in total. The summed E-state index contributed by atoms with van der Waals surface area (Å²) >= 11 is 6.12. The molecule has 0 aliphatic heterocycles. The smallest absolute Gasteiger partial charge is 0.153 e. The molecule has 0 atom stereocenters. The van der Waals surface area contributed by atoms with E-state index < -0.39 is 0 Å². The lowest BCUT2D eigenvalue weighted by molar-refractivity contribution is 0.318. The summed E-state index contributed by atoms with van der Waals surface area (Å²) in [6, 6.07) is 0. The Hall–Kier alpha value is -1.03. The molecule has 1 aliphatic carbocycles. The van der Waals surface area contributed by atoms with Crippen molar-refractivity contribution in [1.82, 2.24) is 9.97 Å². The Morgan fingerprint density at radius 1 is 1.50 bits per heavy atom. The van der Waals surface area contributed by atoms with Crippen molar-refractivity contribution in [3.05, 3.63) is 11.3 Å². The Balaban J connectivity index is 2.15. The molecule has 5 heteroatoms. The molecule has 0 radical (unpaired) electrons. The zero-order valence-corrected chi connectivity index (χ0v) is 10.2. The highest BCUT2D eigenvalue weighted by atomic mass is 35.5. The van der Waals surface area contributed by atoms with Crippen LogP contribution in [0.3, 0.4) is 0 Å². The fourth-order valence-electron chi connectivity index (χ4n) is 1.95. The van der Waals surface area contributed by atoms with E-state index in [0.717, 1.165) is 24.8 Å². The van der Waals surface area contributed by atoms with E-state index in [1.165, 1.54) is 25.6 Å². The molecule has 0 saturated heterocycles. The summed E-state index contributed by atoms with van der Waals surface area (Å²) in [6.45, 7) is 4.02. The van der Waals surface area contributed by atoms with Gasteiger partial charge in [0.25, 0.3) is 0 Å². The SMILES string of the molecule is CCN(CC1CCC1)c1ncnc(N)c1Cl. The number of rotatable bonds is 4. The van der Waals surface area contributed by atoms with Crippen LogP contribution in [0.1, 0.15) is 26.2 Å². The fourth-order valence-corrected chi connectivity index (χ4v) is 2.16. The molecule has 1 fully saturated rings. The lowest BCUT2D eigenvalue weighted by atomic mass is 9.85. The van der Waals surface area contributed by atoms with Crippen LogP contribution in [0, 0.1) is 5.92 Å². The second-order valence-corrected chi connectivity index (χ2v) is 4.61. The molecule has 88 valence electrons. The van der Waals surface area contributed by atoms with Gasteiger partial charge in [-0.05, 0) is 25.7 Å². The summed E-state index contributed by atoms with van der Waals surface area (Å²) in [6.07, 6.45) is 5.45. The van der Waals surface area contributed by atoms with Crippen molar-refractivity contribution in [2.75, 3.05) is 23.7 Å². The summed E-state index contributed by atoms with van der Waals surface area (Å²) in [4.78, 5) is 10.3. The lowest BCUT2D eigenvalue weighted by Crippen LogP contribution is -2.33. The molecule has 1 aromatic heterocycles. The predicted molar refractivity (Wildman–Crippen MR) is 66.7 cm³/mol. The normalized spacial score (nSPS) is 15.9. The van der Waals surface area contributed by atoms with Crippen LogP contribution < -0.4 is 10.6 Å². The van der Waals surface area contributed by atoms with Gasteiger partial charge in [-0.25, -0.2) is 9.97 Å². The molecule has 1 aromatic rings. The van der Waals surface area contributed by atoms with Gasteiger partial charge < -0.3 is 10.6 Å². The van der Waals surface area contributed by atoms with Crippen molar-refractivity contribution in [2.45, 2.75) is 26.2 Å². The third-order valence-corrected chi connectivity index (χ3v) is 3.55. The monoisotopic (exact) mass is 240 g/mol. The molecule has 0 bridgehead atoms. The topological polar surface area (TPSA) is 55.0 Å². The van der Waals surface area contributed by atoms with Crippen molar-refractivity contribution in [1.29, 1.82) is 0 Å². The highest BCUT2D eigenvalue weighted by molar-refractivity contribution is 6.35. The maximum Gasteiger partial charge on any atom is 0.153 e.